The fourth-order valence-corrected chi connectivity index (χ4v) is 6.82. The average molecular weight is 478 g/mol. The lowest BCUT2D eigenvalue weighted by Crippen LogP contribution is -2.26. The van der Waals surface area contributed by atoms with Gasteiger partial charge in [0.05, 0.1) is 16.6 Å². The first-order valence-electron chi connectivity index (χ1n) is 12.3. The zero-order chi connectivity index (χ0) is 23.9. The minimum atomic E-state index is -0.436. The molecular formula is C34H20ClN. The van der Waals surface area contributed by atoms with E-state index in [1.807, 2.05) is 6.07 Å². The highest BCUT2D eigenvalue weighted by Gasteiger charge is 2.53. The third kappa shape index (κ3) is 2.39. The van der Waals surface area contributed by atoms with Crippen molar-refractivity contribution in [3.63, 3.8) is 0 Å². The molecule has 1 aromatic heterocycles. The third-order valence-electron chi connectivity index (χ3n) is 7.92. The van der Waals surface area contributed by atoms with Gasteiger partial charge in [-0.3, -0.25) is 0 Å². The molecule has 6 aromatic rings. The summed E-state index contributed by atoms with van der Waals surface area (Å²) in [6, 6.07) is 43.3. The van der Waals surface area contributed by atoms with E-state index in [0.29, 0.717) is 0 Å². The van der Waals surface area contributed by atoms with Crippen molar-refractivity contribution >= 4 is 22.5 Å². The van der Waals surface area contributed by atoms with Gasteiger partial charge >= 0.3 is 0 Å². The second-order valence-electron chi connectivity index (χ2n) is 9.62. The van der Waals surface area contributed by atoms with Crippen LogP contribution in [0.4, 0.5) is 0 Å². The van der Waals surface area contributed by atoms with Gasteiger partial charge in [-0.2, -0.15) is 0 Å². The Bertz CT molecular complexity index is 1810. The molecule has 0 fully saturated rings. The number of nitrogens with zero attached hydrogens (tertiary/aromatic N) is 1. The van der Waals surface area contributed by atoms with Crippen molar-refractivity contribution in [1.29, 1.82) is 0 Å². The Hall–Kier alpha value is -4.20. The molecule has 0 amide bonds. The van der Waals surface area contributed by atoms with E-state index in [1.165, 1.54) is 49.9 Å². The van der Waals surface area contributed by atoms with Crippen LogP contribution in [-0.2, 0) is 5.41 Å². The Balaban J connectivity index is 1.66. The van der Waals surface area contributed by atoms with Crippen molar-refractivity contribution in [2.24, 2.45) is 0 Å². The largest absolute Gasteiger partial charge is 0.247 e. The van der Waals surface area contributed by atoms with Crippen LogP contribution in [0.3, 0.4) is 0 Å². The lowest BCUT2D eigenvalue weighted by atomic mass is 9.69. The molecule has 0 radical (unpaired) electrons. The van der Waals surface area contributed by atoms with Gasteiger partial charge in [0.1, 0.15) is 0 Å². The van der Waals surface area contributed by atoms with Crippen molar-refractivity contribution in [2.75, 3.05) is 0 Å². The van der Waals surface area contributed by atoms with Gasteiger partial charge in [0.2, 0.25) is 0 Å². The number of hydrogen-bond acceptors (Lipinski definition) is 1. The lowest BCUT2D eigenvalue weighted by Gasteiger charge is -2.31. The minimum absolute atomic E-state index is 0.436. The topological polar surface area (TPSA) is 12.9 Å². The number of para-hydroxylation sites is 1. The molecule has 0 atom stereocenters. The number of benzene rings is 5. The van der Waals surface area contributed by atoms with Crippen LogP contribution in [0.1, 0.15) is 22.3 Å². The Morgan fingerprint density at radius 3 is 1.92 bits per heavy atom. The van der Waals surface area contributed by atoms with Gasteiger partial charge in [-0.25, -0.2) is 4.98 Å². The minimum Gasteiger partial charge on any atom is -0.247 e. The Labute approximate surface area is 214 Å². The van der Waals surface area contributed by atoms with Crippen LogP contribution >= 0.6 is 11.6 Å². The SMILES string of the molecule is Clc1ccc2c(c1)-c1c(-c3ccccc3)nc3ccccc3c1C21c2ccccc2-c2ccccc21. The monoisotopic (exact) mass is 477 g/mol. The van der Waals surface area contributed by atoms with Crippen molar-refractivity contribution in [2.45, 2.75) is 5.41 Å². The lowest BCUT2D eigenvalue weighted by molar-refractivity contribution is 0.801. The summed E-state index contributed by atoms with van der Waals surface area (Å²) in [5.74, 6) is 0. The van der Waals surface area contributed by atoms with E-state index >= 15 is 0 Å². The number of rotatable bonds is 1. The first kappa shape index (κ1) is 20.0. The molecular weight excluding hydrogens is 458 g/mol. The summed E-state index contributed by atoms with van der Waals surface area (Å²) in [4.78, 5) is 5.27. The molecule has 0 saturated heterocycles. The zero-order valence-electron chi connectivity index (χ0n) is 19.4. The van der Waals surface area contributed by atoms with Gasteiger partial charge in [-0.05, 0) is 57.1 Å². The van der Waals surface area contributed by atoms with Gasteiger partial charge in [0, 0.05) is 21.5 Å². The first-order valence-corrected chi connectivity index (χ1v) is 12.6. The number of hydrogen-bond donors (Lipinski definition) is 0. The van der Waals surface area contributed by atoms with Gasteiger partial charge in [0.15, 0.2) is 0 Å². The summed E-state index contributed by atoms with van der Waals surface area (Å²) in [7, 11) is 0. The molecule has 2 aliphatic rings. The molecule has 0 N–H and O–H groups in total. The summed E-state index contributed by atoms with van der Waals surface area (Å²) in [6.45, 7) is 0. The predicted octanol–water partition coefficient (Wildman–Crippen LogP) is 8.90. The maximum atomic E-state index is 6.68. The molecule has 0 bridgehead atoms. The van der Waals surface area contributed by atoms with E-state index in [-0.39, 0.29) is 0 Å². The second-order valence-corrected chi connectivity index (χ2v) is 10.1. The van der Waals surface area contributed by atoms with E-state index in [0.717, 1.165) is 21.8 Å². The molecule has 1 heterocycles. The molecule has 1 nitrogen and oxygen atoms in total. The standard InChI is InChI=1S/C34H20ClN/c35-22-18-19-29-26(20-22)31-32(25-14-6-9-17-30(25)36-33(31)21-10-2-1-3-11-21)34(29)27-15-7-4-12-23(27)24-13-5-8-16-28(24)34/h1-20H. The summed E-state index contributed by atoms with van der Waals surface area (Å²) in [5.41, 5.74) is 12.9. The number of fused-ring (bicyclic) bond motifs is 12. The molecule has 1 spiro atoms. The number of pyridine rings is 1. The highest BCUT2D eigenvalue weighted by atomic mass is 35.5. The van der Waals surface area contributed by atoms with Crippen LogP contribution in [0, 0.1) is 0 Å². The van der Waals surface area contributed by atoms with Crippen molar-refractivity contribution in [3.05, 3.63) is 149 Å². The van der Waals surface area contributed by atoms with Gasteiger partial charge < -0.3 is 0 Å². The van der Waals surface area contributed by atoms with Crippen LogP contribution in [0.5, 0.6) is 0 Å². The molecule has 2 aliphatic carbocycles. The van der Waals surface area contributed by atoms with Crippen molar-refractivity contribution < 1.29 is 0 Å². The van der Waals surface area contributed by atoms with Crippen molar-refractivity contribution in [1.82, 2.24) is 4.98 Å². The molecule has 0 aliphatic heterocycles. The molecule has 36 heavy (non-hydrogen) atoms. The molecule has 2 heteroatoms. The van der Waals surface area contributed by atoms with E-state index in [2.05, 4.69) is 115 Å². The normalized spacial score (nSPS) is 13.9. The Morgan fingerprint density at radius 1 is 0.556 bits per heavy atom. The third-order valence-corrected chi connectivity index (χ3v) is 8.16. The Morgan fingerprint density at radius 2 is 1.17 bits per heavy atom. The first-order chi connectivity index (χ1) is 17.8. The molecule has 8 rings (SSSR count). The van der Waals surface area contributed by atoms with Crippen LogP contribution in [0.2, 0.25) is 5.02 Å². The summed E-state index contributed by atoms with van der Waals surface area (Å²) in [6.07, 6.45) is 0. The van der Waals surface area contributed by atoms with Crippen LogP contribution < -0.4 is 0 Å². The molecule has 168 valence electrons. The fourth-order valence-electron chi connectivity index (χ4n) is 6.65. The average Bonchev–Trinajstić information content (AvgIpc) is 3.40. The molecule has 0 unspecified atom stereocenters. The van der Waals surface area contributed by atoms with E-state index in [4.69, 9.17) is 16.6 Å². The molecule has 0 saturated carbocycles. The maximum absolute atomic E-state index is 6.68. The van der Waals surface area contributed by atoms with Crippen molar-refractivity contribution in [3.8, 4) is 33.5 Å². The van der Waals surface area contributed by atoms with Crippen LogP contribution in [0.25, 0.3) is 44.4 Å². The fraction of sp³-hybridized carbons (Fsp3) is 0.0294. The maximum Gasteiger partial charge on any atom is 0.0791 e. The smallest absolute Gasteiger partial charge is 0.0791 e. The van der Waals surface area contributed by atoms with Crippen LogP contribution in [-0.4, -0.2) is 4.98 Å². The van der Waals surface area contributed by atoms with Crippen LogP contribution in [0.15, 0.2) is 121 Å². The summed E-state index contributed by atoms with van der Waals surface area (Å²) >= 11 is 6.68. The summed E-state index contributed by atoms with van der Waals surface area (Å²) < 4.78 is 0. The quantitative estimate of drug-likeness (QED) is 0.230. The molecule has 5 aromatic carbocycles. The predicted molar refractivity (Wildman–Crippen MR) is 148 cm³/mol. The zero-order valence-corrected chi connectivity index (χ0v) is 20.1. The van der Waals surface area contributed by atoms with Gasteiger partial charge in [-0.1, -0.05) is 115 Å². The number of aromatic nitrogens is 1. The second kappa shape index (κ2) is 7.16. The summed E-state index contributed by atoms with van der Waals surface area (Å²) in [5, 5.41) is 1.93. The highest BCUT2D eigenvalue weighted by molar-refractivity contribution is 6.31. The van der Waals surface area contributed by atoms with E-state index in [9.17, 15) is 0 Å². The Kier molecular flexibility index (Phi) is 3.99. The van der Waals surface area contributed by atoms with Gasteiger partial charge in [0.25, 0.3) is 0 Å². The van der Waals surface area contributed by atoms with Gasteiger partial charge in [-0.15, -0.1) is 0 Å². The number of halogens is 1. The van der Waals surface area contributed by atoms with E-state index < -0.39 is 5.41 Å². The highest BCUT2D eigenvalue weighted by Crippen LogP contribution is 2.65. The van der Waals surface area contributed by atoms with E-state index in [1.54, 1.807) is 0 Å².